The predicted molar refractivity (Wildman–Crippen MR) is 65.6 cm³/mol. The zero-order valence-corrected chi connectivity index (χ0v) is 9.72. The molecule has 0 amide bonds. The van der Waals surface area contributed by atoms with Crippen LogP contribution in [-0.2, 0) is 0 Å². The predicted octanol–water partition coefficient (Wildman–Crippen LogP) is 2.23. The number of nitriles is 1. The summed E-state index contributed by atoms with van der Waals surface area (Å²) < 4.78 is 0. The van der Waals surface area contributed by atoms with Gasteiger partial charge in [-0.3, -0.25) is 0 Å². The lowest BCUT2D eigenvalue weighted by Gasteiger charge is -2.12. The average Bonchev–Trinajstić information content (AvgIpc) is 2.80. The van der Waals surface area contributed by atoms with E-state index in [2.05, 4.69) is 16.7 Å². The summed E-state index contributed by atoms with van der Waals surface area (Å²) in [6.45, 7) is 3.06. The summed E-state index contributed by atoms with van der Waals surface area (Å²) in [7, 11) is 0. The van der Waals surface area contributed by atoms with Gasteiger partial charge in [0, 0.05) is 11.6 Å². The average molecular weight is 236 g/mol. The first kappa shape index (κ1) is 11.3. The van der Waals surface area contributed by atoms with Crippen molar-refractivity contribution in [2.24, 2.45) is 5.92 Å². The Morgan fingerprint density at radius 2 is 2.44 bits per heavy atom. The Labute approximate surface area is 100 Å². The number of hydrogen-bond donors (Lipinski definition) is 2. The van der Waals surface area contributed by atoms with Gasteiger partial charge in [0.25, 0.3) is 0 Å². The van der Waals surface area contributed by atoms with Crippen LogP contribution in [0.5, 0.6) is 0 Å². The summed E-state index contributed by atoms with van der Waals surface area (Å²) in [6.07, 6.45) is 1.20. The van der Waals surface area contributed by atoms with Gasteiger partial charge in [-0.05, 0) is 43.6 Å². The highest BCUT2D eigenvalue weighted by atomic mass is 35.5. The highest BCUT2D eigenvalue weighted by molar-refractivity contribution is 6.30. The smallest absolute Gasteiger partial charge is 0.101 e. The van der Waals surface area contributed by atoms with Gasteiger partial charge in [-0.15, -0.1) is 0 Å². The van der Waals surface area contributed by atoms with E-state index in [4.69, 9.17) is 16.9 Å². The molecule has 0 bridgehead atoms. The third-order valence-corrected chi connectivity index (χ3v) is 3.08. The maximum atomic E-state index is 8.97. The number of benzene rings is 1. The Bertz CT molecular complexity index is 405. The molecule has 16 heavy (non-hydrogen) atoms. The first-order valence-corrected chi connectivity index (χ1v) is 5.81. The second-order valence-corrected chi connectivity index (χ2v) is 4.48. The maximum absolute atomic E-state index is 8.97. The quantitative estimate of drug-likeness (QED) is 0.845. The van der Waals surface area contributed by atoms with E-state index in [-0.39, 0.29) is 0 Å². The van der Waals surface area contributed by atoms with E-state index in [1.807, 2.05) is 6.07 Å². The second-order valence-electron chi connectivity index (χ2n) is 4.04. The summed E-state index contributed by atoms with van der Waals surface area (Å²) in [5, 5.41) is 16.2. The molecule has 1 aliphatic rings. The van der Waals surface area contributed by atoms with Crippen LogP contribution in [0, 0.1) is 17.2 Å². The van der Waals surface area contributed by atoms with E-state index in [0.717, 1.165) is 25.3 Å². The monoisotopic (exact) mass is 235 g/mol. The van der Waals surface area contributed by atoms with Crippen molar-refractivity contribution in [1.29, 1.82) is 5.26 Å². The lowest BCUT2D eigenvalue weighted by Crippen LogP contribution is -2.17. The number of nitrogens with one attached hydrogen (secondary N) is 2. The second kappa shape index (κ2) is 5.20. The number of hydrogen-bond acceptors (Lipinski definition) is 3. The SMILES string of the molecule is N#Cc1cc(Cl)ccc1NCC1CCNC1. The van der Waals surface area contributed by atoms with Crippen molar-refractivity contribution in [3.8, 4) is 6.07 Å². The molecule has 84 valence electrons. The number of anilines is 1. The maximum Gasteiger partial charge on any atom is 0.101 e. The number of nitrogens with zero attached hydrogens (tertiary/aromatic N) is 1. The zero-order valence-electron chi connectivity index (χ0n) is 8.96. The fourth-order valence-corrected chi connectivity index (χ4v) is 2.08. The van der Waals surface area contributed by atoms with E-state index in [1.165, 1.54) is 6.42 Å². The van der Waals surface area contributed by atoms with Gasteiger partial charge in [0.15, 0.2) is 0 Å². The Hall–Kier alpha value is -1.24. The molecule has 1 aromatic carbocycles. The number of halogens is 1. The molecule has 1 unspecified atom stereocenters. The molecule has 0 radical (unpaired) electrons. The molecule has 0 saturated carbocycles. The first-order chi connectivity index (χ1) is 7.79. The van der Waals surface area contributed by atoms with Crippen LogP contribution in [0.25, 0.3) is 0 Å². The number of rotatable bonds is 3. The molecular formula is C12H14ClN3. The summed E-state index contributed by atoms with van der Waals surface area (Å²) in [4.78, 5) is 0. The Kier molecular flexibility index (Phi) is 3.66. The van der Waals surface area contributed by atoms with Crippen molar-refractivity contribution >= 4 is 17.3 Å². The van der Waals surface area contributed by atoms with Crippen LogP contribution in [0.15, 0.2) is 18.2 Å². The minimum Gasteiger partial charge on any atom is -0.384 e. The fourth-order valence-electron chi connectivity index (χ4n) is 1.91. The topological polar surface area (TPSA) is 47.9 Å². The highest BCUT2D eigenvalue weighted by Gasteiger charge is 2.14. The molecule has 3 nitrogen and oxygen atoms in total. The van der Waals surface area contributed by atoms with Crippen molar-refractivity contribution in [2.75, 3.05) is 25.0 Å². The Morgan fingerprint density at radius 3 is 3.12 bits per heavy atom. The molecule has 2 N–H and O–H groups in total. The molecule has 1 atom stereocenters. The molecule has 1 aliphatic heterocycles. The van der Waals surface area contributed by atoms with Crippen LogP contribution in [-0.4, -0.2) is 19.6 Å². The lowest BCUT2D eigenvalue weighted by molar-refractivity contribution is 0.615. The van der Waals surface area contributed by atoms with E-state index in [1.54, 1.807) is 12.1 Å². The van der Waals surface area contributed by atoms with Crippen LogP contribution in [0.2, 0.25) is 5.02 Å². The van der Waals surface area contributed by atoms with Gasteiger partial charge in [-0.1, -0.05) is 11.6 Å². The van der Waals surface area contributed by atoms with Gasteiger partial charge in [0.2, 0.25) is 0 Å². The summed E-state index contributed by atoms with van der Waals surface area (Å²) in [5.74, 6) is 0.655. The lowest BCUT2D eigenvalue weighted by atomic mass is 10.1. The van der Waals surface area contributed by atoms with Crippen LogP contribution in [0.4, 0.5) is 5.69 Å². The van der Waals surface area contributed by atoms with Crippen molar-refractivity contribution in [1.82, 2.24) is 5.32 Å². The van der Waals surface area contributed by atoms with Crippen molar-refractivity contribution in [3.05, 3.63) is 28.8 Å². The Balaban J connectivity index is 2.00. The summed E-state index contributed by atoms with van der Waals surface area (Å²) in [5.41, 5.74) is 1.48. The summed E-state index contributed by atoms with van der Waals surface area (Å²) in [6, 6.07) is 7.51. The molecule has 1 saturated heterocycles. The Morgan fingerprint density at radius 1 is 1.56 bits per heavy atom. The van der Waals surface area contributed by atoms with Gasteiger partial charge in [0.05, 0.1) is 11.3 Å². The van der Waals surface area contributed by atoms with Gasteiger partial charge in [-0.2, -0.15) is 5.26 Å². The molecule has 4 heteroatoms. The van der Waals surface area contributed by atoms with Crippen molar-refractivity contribution in [2.45, 2.75) is 6.42 Å². The van der Waals surface area contributed by atoms with Gasteiger partial charge >= 0.3 is 0 Å². The molecule has 0 spiro atoms. The van der Waals surface area contributed by atoms with Gasteiger partial charge < -0.3 is 10.6 Å². The minimum atomic E-state index is 0.602. The van der Waals surface area contributed by atoms with Gasteiger partial charge in [0.1, 0.15) is 6.07 Å². The fraction of sp³-hybridized carbons (Fsp3) is 0.417. The van der Waals surface area contributed by atoms with E-state index in [0.29, 0.717) is 16.5 Å². The van der Waals surface area contributed by atoms with Gasteiger partial charge in [-0.25, -0.2) is 0 Å². The molecule has 0 aromatic heterocycles. The largest absolute Gasteiger partial charge is 0.384 e. The normalized spacial score (nSPS) is 19.4. The minimum absolute atomic E-state index is 0.602. The van der Waals surface area contributed by atoms with Crippen LogP contribution >= 0.6 is 11.6 Å². The first-order valence-electron chi connectivity index (χ1n) is 5.44. The van der Waals surface area contributed by atoms with Crippen LogP contribution < -0.4 is 10.6 Å². The molecule has 1 aromatic rings. The molecule has 1 fully saturated rings. The third kappa shape index (κ3) is 2.66. The zero-order chi connectivity index (χ0) is 11.4. The molecule has 0 aliphatic carbocycles. The van der Waals surface area contributed by atoms with E-state index < -0.39 is 0 Å². The standard InChI is InChI=1S/C12H14ClN3/c13-11-1-2-12(10(5-11)6-14)16-8-9-3-4-15-7-9/h1-2,5,9,15-16H,3-4,7-8H2. The molecule has 2 rings (SSSR count). The molecule has 1 heterocycles. The third-order valence-electron chi connectivity index (χ3n) is 2.85. The van der Waals surface area contributed by atoms with E-state index in [9.17, 15) is 0 Å². The van der Waals surface area contributed by atoms with E-state index >= 15 is 0 Å². The van der Waals surface area contributed by atoms with Crippen LogP contribution in [0.3, 0.4) is 0 Å². The van der Waals surface area contributed by atoms with Crippen molar-refractivity contribution in [3.63, 3.8) is 0 Å². The van der Waals surface area contributed by atoms with Crippen LogP contribution in [0.1, 0.15) is 12.0 Å². The highest BCUT2D eigenvalue weighted by Crippen LogP contribution is 2.20. The molecular weight excluding hydrogens is 222 g/mol. The van der Waals surface area contributed by atoms with Crippen molar-refractivity contribution < 1.29 is 0 Å². The summed E-state index contributed by atoms with van der Waals surface area (Å²) >= 11 is 5.83.